The number of methoxy groups -OCH3 is 1. The van der Waals surface area contributed by atoms with E-state index in [2.05, 4.69) is 0 Å². The Morgan fingerprint density at radius 2 is 1.86 bits per heavy atom. The zero-order valence-electron chi connectivity index (χ0n) is 11.9. The highest BCUT2D eigenvalue weighted by Crippen LogP contribution is 2.25. The van der Waals surface area contributed by atoms with Crippen LogP contribution in [0, 0.1) is 0 Å². The monoisotopic (exact) mass is 302 g/mol. The van der Waals surface area contributed by atoms with Crippen molar-refractivity contribution in [1.29, 1.82) is 0 Å². The predicted octanol–water partition coefficient (Wildman–Crippen LogP) is 3.35. The molecular weight excluding hydrogens is 288 g/mol. The number of benzene rings is 2. The van der Waals surface area contributed by atoms with Gasteiger partial charge >= 0.3 is 5.97 Å². The van der Waals surface area contributed by atoms with Gasteiger partial charge in [-0.25, -0.2) is 4.79 Å². The summed E-state index contributed by atoms with van der Waals surface area (Å²) in [6, 6.07) is 10.6. The van der Waals surface area contributed by atoms with Crippen molar-refractivity contribution in [1.82, 2.24) is 0 Å². The largest absolute Gasteiger partial charge is 0.497 e. The highest BCUT2D eigenvalue weighted by Gasteiger charge is 2.18. The number of hydrogen-bond acceptors (Lipinski definition) is 5. The van der Waals surface area contributed by atoms with E-state index in [1.807, 2.05) is 24.3 Å². The summed E-state index contributed by atoms with van der Waals surface area (Å²) in [5.41, 5.74) is 1.63. The second-order valence-corrected chi connectivity index (χ2v) is 4.72. The third-order valence-electron chi connectivity index (χ3n) is 3.28. The Labute approximate surface area is 125 Å². The fraction of sp³-hybridized carbons (Fsp3) is 0.188. The van der Waals surface area contributed by atoms with Crippen molar-refractivity contribution in [3.63, 3.8) is 0 Å². The first kappa shape index (κ1) is 14.1. The van der Waals surface area contributed by atoms with Crippen molar-refractivity contribution in [3.8, 4) is 11.5 Å². The molecule has 1 heterocycles. The fourth-order valence-electron chi connectivity index (χ4n) is 2.12. The zero-order valence-corrected chi connectivity index (χ0v) is 11.9. The van der Waals surface area contributed by atoms with Gasteiger partial charge in [-0.3, -0.25) is 9.15 Å². The number of hydrogen-bond donors (Lipinski definition) is 1. The van der Waals surface area contributed by atoms with Gasteiger partial charge in [0.15, 0.2) is 0 Å². The van der Waals surface area contributed by atoms with Crippen LogP contribution in [-0.2, 0) is 6.42 Å². The van der Waals surface area contributed by atoms with Crippen molar-refractivity contribution in [3.05, 3.63) is 47.5 Å². The molecule has 0 atom stereocenters. The van der Waals surface area contributed by atoms with Crippen molar-refractivity contribution >= 4 is 17.1 Å². The molecular formula is C16H14O6. The summed E-state index contributed by atoms with van der Waals surface area (Å²) in [4.78, 5) is 11.1. The molecule has 0 fully saturated rings. The summed E-state index contributed by atoms with van der Waals surface area (Å²) in [6.45, 7) is 0.422. The molecule has 3 rings (SSSR count). The van der Waals surface area contributed by atoms with Crippen LogP contribution in [0.15, 0.2) is 45.6 Å². The maximum Gasteiger partial charge on any atom is 0.339 e. The van der Waals surface area contributed by atoms with Gasteiger partial charge in [-0.1, -0.05) is 0 Å². The SMILES string of the molecule is COc1ccc(OCCc2cc(C(=O)O)c3ooc3c2)cc1. The van der Waals surface area contributed by atoms with Crippen LogP contribution in [0.3, 0.4) is 0 Å². The fourth-order valence-corrected chi connectivity index (χ4v) is 2.12. The Morgan fingerprint density at radius 3 is 2.45 bits per heavy atom. The van der Waals surface area contributed by atoms with Crippen molar-refractivity contribution in [2.24, 2.45) is 0 Å². The Bertz CT molecular complexity index is 781. The van der Waals surface area contributed by atoms with E-state index in [0.29, 0.717) is 18.6 Å². The molecule has 0 saturated carbocycles. The molecule has 1 N–H and O–H groups in total. The highest BCUT2D eigenvalue weighted by atomic mass is 17.0. The normalized spacial score (nSPS) is 10.8. The summed E-state index contributed by atoms with van der Waals surface area (Å²) in [6.07, 6.45) is 0.558. The summed E-state index contributed by atoms with van der Waals surface area (Å²) in [5, 5.41) is 9.12. The maximum atomic E-state index is 11.1. The highest BCUT2D eigenvalue weighted by molar-refractivity contribution is 6.00. The number of aromatic carboxylic acids is 1. The average Bonchev–Trinajstić information content (AvgIpc) is 2.50. The van der Waals surface area contributed by atoms with E-state index in [-0.39, 0.29) is 11.1 Å². The number of fused-ring (bicyclic) bond motifs is 1. The first-order valence-electron chi connectivity index (χ1n) is 6.69. The van der Waals surface area contributed by atoms with Crippen LogP contribution in [0.5, 0.6) is 11.5 Å². The summed E-state index contributed by atoms with van der Waals surface area (Å²) >= 11 is 0. The molecule has 0 radical (unpaired) electrons. The Hall–Kier alpha value is -2.89. The number of rotatable bonds is 6. The molecule has 0 aliphatic carbocycles. The zero-order chi connectivity index (χ0) is 15.5. The third-order valence-corrected chi connectivity index (χ3v) is 3.28. The van der Waals surface area contributed by atoms with Crippen LogP contribution in [0.4, 0.5) is 0 Å². The molecule has 0 spiro atoms. The molecule has 0 saturated heterocycles. The van der Waals surface area contributed by atoms with E-state index in [9.17, 15) is 4.79 Å². The second kappa shape index (κ2) is 5.85. The van der Waals surface area contributed by atoms with Crippen molar-refractivity contribution < 1.29 is 28.5 Å². The van der Waals surface area contributed by atoms with Crippen LogP contribution in [-0.4, -0.2) is 24.8 Å². The lowest BCUT2D eigenvalue weighted by molar-refractivity contribution is 0.0538. The second-order valence-electron chi connectivity index (χ2n) is 4.72. The minimum Gasteiger partial charge on any atom is -0.497 e. The van der Waals surface area contributed by atoms with E-state index in [1.54, 1.807) is 19.2 Å². The van der Waals surface area contributed by atoms with Crippen LogP contribution < -0.4 is 9.47 Å². The molecule has 0 aliphatic heterocycles. The molecule has 0 aliphatic rings. The van der Waals surface area contributed by atoms with E-state index in [4.69, 9.17) is 23.7 Å². The van der Waals surface area contributed by atoms with Gasteiger partial charge in [0.05, 0.1) is 13.7 Å². The van der Waals surface area contributed by atoms with Gasteiger partial charge in [-0.05, 0) is 42.0 Å². The van der Waals surface area contributed by atoms with Gasteiger partial charge < -0.3 is 14.6 Å². The van der Waals surface area contributed by atoms with Crippen LogP contribution >= 0.6 is 0 Å². The molecule has 3 aromatic rings. The van der Waals surface area contributed by atoms with Gasteiger partial charge in [-0.2, -0.15) is 0 Å². The minimum absolute atomic E-state index is 0.100. The van der Waals surface area contributed by atoms with Gasteiger partial charge in [0.1, 0.15) is 17.1 Å². The number of carboxylic acid groups (broad SMARTS) is 1. The molecule has 6 heteroatoms. The summed E-state index contributed by atoms with van der Waals surface area (Å²) in [7, 11) is 1.60. The Kier molecular flexibility index (Phi) is 3.74. The standard InChI is InChI=1S/C16H14O6/c1-19-11-2-4-12(5-3-11)20-7-6-10-8-13(16(17)18)15-14(9-10)21-22-15/h2-5,8-9H,6-7H2,1H3,(H,17,18). The Balaban J connectivity index is 1.65. The van der Waals surface area contributed by atoms with Crippen molar-refractivity contribution in [2.75, 3.05) is 13.7 Å². The molecule has 1 aromatic heterocycles. The molecule has 114 valence electrons. The lowest BCUT2D eigenvalue weighted by Crippen LogP contribution is -2.05. The minimum atomic E-state index is -1.04. The molecule has 22 heavy (non-hydrogen) atoms. The topological polar surface area (TPSA) is 82.0 Å². The molecule has 0 unspecified atom stereocenters. The van der Waals surface area contributed by atoms with Crippen LogP contribution in [0.25, 0.3) is 11.2 Å². The molecule has 0 bridgehead atoms. The van der Waals surface area contributed by atoms with Gasteiger partial charge in [0, 0.05) is 6.42 Å². The smallest absolute Gasteiger partial charge is 0.339 e. The van der Waals surface area contributed by atoms with Crippen molar-refractivity contribution in [2.45, 2.75) is 6.42 Å². The Morgan fingerprint density at radius 1 is 1.14 bits per heavy atom. The number of ether oxygens (including phenoxy) is 2. The van der Waals surface area contributed by atoms with E-state index in [1.165, 1.54) is 0 Å². The lowest BCUT2D eigenvalue weighted by Gasteiger charge is -2.09. The first-order chi connectivity index (χ1) is 10.7. The third kappa shape index (κ3) is 2.76. The first-order valence-corrected chi connectivity index (χ1v) is 6.69. The number of carbonyl (C=O) groups is 1. The average molecular weight is 302 g/mol. The van der Waals surface area contributed by atoms with E-state index < -0.39 is 5.97 Å². The van der Waals surface area contributed by atoms with Crippen LogP contribution in [0.1, 0.15) is 15.9 Å². The van der Waals surface area contributed by atoms with Crippen LogP contribution in [0.2, 0.25) is 0 Å². The molecule has 0 amide bonds. The van der Waals surface area contributed by atoms with Gasteiger partial charge in [0.25, 0.3) is 0 Å². The molecule has 6 nitrogen and oxygen atoms in total. The molecule has 2 aromatic carbocycles. The van der Waals surface area contributed by atoms with Gasteiger partial charge in [0.2, 0.25) is 11.2 Å². The van der Waals surface area contributed by atoms with E-state index >= 15 is 0 Å². The maximum absolute atomic E-state index is 11.1. The van der Waals surface area contributed by atoms with E-state index in [0.717, 1.165) is 17.1 Å². The number of carboxylic acids is 1. The quantitative estimate of drug-likeness (QED) is 0.703. The summed E-state index contributed by atoms with van der Waals surface area (Å²) in [5.74, 6) is 0.443. The van der Waals surface area contributed by atoms with Gasteiger partial charge in [-0.15, -0.1) is 0 Å². The predicted molar refractivity (Wildman–Crippen MR) is 77.6 cm³/mol. The lowest BCUT2D eigenvalue weighted by atomic mass is 10.1. The summed E-state index contributed by atoms with van der Waals surface area (Å²) < 4.78 is 20.2.